The summed E-state index contributed by atoms with van der Waals surface area (Å²) >= 11 is 0. The van der Waals surface area contributed by atoms with Crippen LogP contribution in [0.2, 0.25) is 0 Å². The fraction of sp³-hybridized carbons (Fsp3) is 0.227. The normalized spacial score (nSPS) is 22.7. The molecule has 2 aromatic carbocycles. The lowest BCUT2D eigenvalue weighted by Gasteiger charge is -2.34. The second kappa shape index (κ2) is 5.92. The van der Waals surface area contributed by atoms with Gasteiger partial charge in [0.25, 0.3) is 0 Å². The van der Waals surface area contributed by atoms with Gasteiger partial charge in [-0.05, 0) is 12.0 Å². The van der Waals surface area contributed by atoms with E-state index in [1.165, 1.54) is 0 Å². The van der Waals surface area contributed by atoms with Crippen molar-refractivity contribution < 1.29 is 14.4 Å². The lowest BCUT2D eigenvalue weighted by atomic mass is 9.66. The molecule has 3 nitrogen and oxygen atoms in total. The number of Topliss-reactive ketones (excluding diaryl/α,β-unsaturated/α-hetero) is 3. The molecule has 2 unspecified atom stereocenters. The van der Waals surface area contributed by atoms with E-state index in [-0.39, 0.29) is 35.6 Å². The van der Waals surface area contributed by atoms with Crippen LogP contribution in [0.3, 0.4) is 0 Å². The summed E-state index contributed by atoms with van der Waals surface area (Å²) in [6.45, 7) is 1.87. The van der Waals surface area contributed by atoms with Gasteiger partial charge in [0.2, 0.25) is 0 Å². The highest BCUT2D eigenvalue weighted by atomic mass is 16.1. The number of benzene rings is 2. The van der Waals surface area contributed by atoms with E-state index < -0.39 is 0 Å². The average molecular weight is 330 g/mol. The molecular weight excluding hydrogens is 312 g/mol. The molecule has 0 bridgehead atoms. The van der Waals surface area contributed by atoms with Crippen LogP contribution in [0.25, 0.3) is 0 Å². The van der Waals surface area contributed by atoms with Gasteiger partial charge >= 0.3 is 0 Å². The Labute approximate surface area is 146 Å². The highest BCUT2D eigenvalue weighted by molar-refractivity contribution is 6.28. The summed E-state index contributed by atoms with van der Waals surface area (Å²) in [6.07, 6.45) is 0.661. The maximum atomic E-state index is 13.1. The van der Waals surface area contributed by atoms with Crippen LogP contribution in [0.1, 0.15) is 39.6 Å². The van der Waals surface area contributed by atoms with Crippen molar-refractivity contribution in [1.29, 1.82) is 0 Å². The minimum atomic E-state index is -0.263. The molecule has 0 saturated heterocycles. The molecular formula is C22H18O3. The van der Waals surface area contributed by atoms with Gasteiger partial charge in [0, 0.05) is 40.5 Å². The number of hydrogen-bond acceptors (Lipinski definition) is 3. The first-order valence-corrected chi connectivity index (χ1v) is 8.56. The van der Waals surface area contributed by atoms with E-state index in [0.29, 0.717) is 28.7 Å². The molecule has 0 saturated carbocycles. The van der Waals surface area contributed by atoms with Crippen molar-refractivity contribution in [2.24, 2.45) is 11.8 Å². The smallest absolute Gasteiger partial charge is 0.190 e. The molecule has 2 atom stereocenters. The molecule has 0 N–H and O–H groups in total. The van der Waals surface area contributed by atoms with Gasteiger partial charge < -0.3 is 0 Å². The fourth-order valence-corrected chi connectivity index (χ4v) is 3.97. The predicted octanol–water partition coefficient (Wildman–Crippen LogP) is 3.83. The van der Waals surface area contributed by atoms with Crippen LogP contribution in [0.4, 0.5) is 0 Å². The third kappa shape index (κ3) is 2.47. The molecule has 0 aliphatic heterocycles. The highest BCUT2D eigenvalue weighted by Crippen LogP contribution is 2.41. The SMILES string of the molecule is CC1C(=O)CC2=C(C(=O)c3ccccc3C2=O)C1Cc1ccccc1. The Balaban J connectivity index is 1.84. The fourth-order valence-electron chi connectivity index (χ4n) is 3.97. The molecule has 2 aliphatic carbocycles. The largest absolute Gasteiger partial charge is 0.299 e. The standard InChI is InChI=1S/C22H18O3/c1-13-17(11-14-7-3-2-4-8-14)20-18(12-19(13)23)21(24)15-9-5-6-10-16(15)22(20)25/h2-10,13,17H,11-12H2,1H3. The second-order valence-corrected chi connectivity index (χ2v) is 6.82. The van der Waals surface area contributed by atoms with Crippen LogP contribution in [-0.2, 0) is 11.2 Å². The third-order valence-electron chi connectivity index (χ3n) is 5.39. The first-order valence-electron chi connectivity index (χ1n) is 8.56. The molecule has 0 radical (unpaired) electrons. The van der Waals surface area contributed by atoms with Crippen molar-refractivity contribution in [2.75, 3.05) is 0 Å². The Morgan fingerprint density at radius 1 is 0.840 bits per heavy atom. The summed E-state index contributed by atoms with van der Waals surface area (Å²) in [6, 6.07) is 16.7. The van der Waals surface area contributed by atoms with E-state index in [1.54, 1.807) is 24.3 Å². The van der Waals surface area contributed by atoms with Gasteiger partial charge in [0.1, 0.15) is 5.78 Å². The minimum absolute atomic E-state index is 0.0419. The van der Waals surface area contributed by atoms with Crippen molar-refractivity contribution in [3.63, 3.8) is 0 Å². The van der Waals surface area contributed by atoms with Gasteiger partial charge in [-0.1, -0.05) is 61.5 Å². The zero-order chi connectivity index (χ0) is 17.6. The summed E-state index contributed by atoms with van der Waals surface area (Å²) in [5.41, 5.74) is 2.92. The van der Waals surface area contributed by atoms with Crippen LogP contribution >= 0.6 is 0 Å². The molecule has 0 fully saturated rings. The van der Waals surface area contributed by atoms with E-state index >= 15 is 0 Å². The minimum Gasteiger partial charge on any atom is -0.299 e. The molecule has 124 valence electrons. The van der Waals surface area contributed by atoms with Crippen molar-refractivity contribution >= 4 is 17.3 Å². The van der Waals surface area contributed by atoms with E-state index in [4.69, 9.17) is 0 Å². The number of rotatable bonds is 2. The Morgan fingerprint density at radius 3 is 2.12 bits per heavy atom. The monoisotopic (exact) mass is 330 g/mol. The van der Waals surface area contributed by atoms with Gasteiger partial charge in [-0.25, -0.2) is 0 Å². The molecule has 0 spiro atoms. The number of carbonyl (C=O) groups is 3. The van der Waals surface area contributed by atoms with Crippen molar-refractivity contribution in [3.8, 4) is 0 Å². The van der Waals surface area contributed by atoms with Gasteiger partial charge in [-0.2, -0.15) is 0 Å². The van der Waals surface area contributed by atoms with Gasteiger partial charge in [-0.3, -0.25) is 14.4 Å². The molecule has 2 aliphatic rings. The van der Waals surface area contributed by atoms with Gasteiger partial charge in [0.15, 0.2) is 11.6 Å². The predicted molar refractivity (Wildman–Crippen MR) is 94.6 cm³/mol. The van der Waals surface area contributed by atoms with Crippen LogP contribution in [-0.4, -0.2) is 17.3 Å². The molecule has 0 aromatic heterocycles. The Kier molecular flexibility index (Phi) is 3.72. The van der Waals surface area contributed by atoms with E-state index in [9.17, 15) is 14.4 Å². The van der Waals surface area contributed by atoms with Gasteiger partial charge in [0.05, 0.1) is 0 Å². The summed E-state index contributed by atoms with van der Waals surface area (Å²) < 4.78 is 0. The van der Waals surface area contributed by atoms with Crippen molar-refractivity contribution in [1.82, 2.24) is 0 Å². The number of fused-ring (bicyclic) bond motifs is 1. The van der Waals surface area contributed by atoms with Crippen LogP contribution in [0, 0.1) is 11.8 Å². The van der Waals surface area contributed by atoms with Crippen LogP contribution in [0.15, 0.2) is 65.7 Å². The van der Waals surface area contributed by atoms with E-state index in [1.807, 2.05) is 37.3 Å². The second-order valence-electron chi connectivity index (χ2n) is 6.82. The van der Waals surface area contributed by atoms with Gasteiger partial charge in [-0.15, -0.1) is 0 Å². The zero-order valence-corrected chi connectivity index (χ0v) is 14.0. The molecule has 25 heavy (non-hydrogen) atoms. The highest BCUT2D eigenvalue weighted by Gasteiger charge is 2.43. The molecule has 0 amide bonds. The number of allylic oxidation sites excluding steroid dienone is 2. The van der Waals surface area contributed by atoms with Crippen LogP contribution in [0.5, 0.6) is 0 Å². The summed E-state index contributed by atoms with van der Waals surface area (Å²) in [5.74, 6) is -0.723. The number of ketones is 3. The average Bonchev–Trinajstić information content (AvgIpc) is 2.64. The maximum Gasteiger partial charge on any atom is 0.190 e. The first-order chi connectivity index (χ1) is 12.1. The Morgan fingerprint density at radius 2 is 1.44 bits per heavy atom. The third-order valence-corrected chi connectivity index (χ3v) is 5.39. The number of hydrogen-bond donors (Lipinski definition) is 0. The summed E-state index contributed by atoms with van der Waals surface area (Å²) in [7, 11) is 0. The summed E-state index contributed by atoms with van der Waals surface area (Å²) in [4.78, 5) is 38.5. The summed E-state index contributed by atoms with van der Waals surface area (Å²) in [5, 5.41) is 0. The first kappa shape index (κ1) is 15.7. The van der Waals surface area contributed by atoms with Crippen molar-refractivity contribution in [3.05, 3.63) is 82.4 Å². The maximum absolute atomic E-state index is 13.1. The van der Waals surface area contributed by atoms with Crippen molar-refractivity contribution in [2.45, 2.75) is 19.8 Å². The molecule has 2 aromatic rings. The topological polar surface area (TPSA) is 51.2 Å². The molecule has 3 heteroatoms. The number of carbonyl (C=O) groups excluding carboxylic acids is 3. The molecule has 4 rings (SSSR count). The molecule has 0 heterocycles. The Hall–Kier alpha value is -2.81. The quantitative estimate of drug-likeness (QED) is 0.841. The Bertz CT molecular complexity index is 921. The van der Waals surface area contributed by atoms with E-state index in [2.05, 4.69) is 0 Å². The lowest BCUT2D eigenvalue weighted by Crippen LogP contribution is -2.38. The van der Waals surface area contributed by atoms with Crippen LogP contribution < -0.4 is 0 Å². The zero-order valence-electron chi connectivity index (χ0n) is 14.0. The lowest BCUT2D eigenvalue weighted by molar-refractivity contribution is -0.123. The van der Waals surface area contributed by atoms with E-state index in [0.717, 1.165) is 5.56 Å².